The van der Waals surface area contributed by atoms with E-state index in [1.807, 2.05) is 0 Å². The van der Waals surface area contributed by atoms with Gasteiger partial charge in [0.2, 0.25) is 10.0 Å². The predicted octanol–water partition coefficient (Wildman–Crippen LogP) is 2.93. The Kier molecular flexibility index (Phi) is 7.50. The molecule has 0 saturated carbocycles. The van der Waals surface area contributed by atoms with E-state index in [0.29, 0.717) is 19.0 Å². The van der Waals surface area contributed by atoms with Gasteiger partial charge >= 0.3 is 11.9 Å². The van der Waals surface area contributed by atoms with E-state index in [9.17, 15) is 22.8 Å². The number of carbonyl (C=O) groups is 3. The molecule has 2 aromatic rings. The first-order valence-corrected chi connectivity index (χ1v) is 11.8. The second-order valence-corrected chi connectivity index (χ2v) is 9.79. The molecule has 1 N–H and O–H groups in total. The highest BCUT2D eigenvalue weighted by Crippen LogP contribution is 2.24. The summed E-state index contributed by atoms with van der Waals surface area (Å²) in [7, 11) is -1.22. The highest BCUT2D eigenvalue weighted by molar-refractivity contribution is 7.89. The van der Waals surface area contributed by atoms with Crippen LogP contribution in [0.5, 0.6) is 0 Å². The van der Waals surface area contributed by atoms with Crippen molar-refractivity contribution in [3.05, 3.63) is 59.2 Å². The number of esters is 2. The second-order valence-electron chi connectivity index (χ2n) is 7.85. The van der Waals surface area contributed by atoms with E-state index in [1.54, 1.807) is 0 Å². The first kappa shape index (κ1) is 24.4. The largest absolute Gasteiger partial charge is 0.465 e. The van der Waals surface area contributed by atoms with Crippen molar-refractivity contribution in [3.8, 4) is 0 Å². The first-order valence-electron chi connectivity index (χ1n) is 10.4. The number of rotatable bonds is 6. The summed E-state index contributed by atoms with van der Waals surface area (Å²) < 4.78 is 36.6. The minimum atomic E-state index is -3.62. The molecule has 1 saturated heterocycles. The number of amides is 1. The number of hydrogen-bond acceptors (Lipinski definition) is 7. The van der Waals surface area contributed by atoms with Gasteiger partial charge < -0.3 is 14.8 Å². The van der Waals surface area contributed by atoms with E-state index in [2.05, 4.69) is 21.7 Å². The van der Waals surface area contributed by atoms with Gasteiger partial charge in [0, 0.05) is 24.3 Å². The lowest BCUT2D eigenvalue weighted by molar-refractivity contribution is 0.0598. The third-order valence-electron chi connectivity index (χ3n) is 5.53. The second kappa shape index (κ2) is 10.1. The van der Waals surface area contributed by atoms with Crippen molar-refractivity contribution in [1.82, 2.24) is 4.31 Å². The van der Waals surface area contributed by atoms with E-state index in [0.717, 1.165) is 12.8 Å². The molecular weight excluding hydrogens is 448 g/mol. The van der Waals surface area contributed by atoms with Crippen LogP contribution < -0.4 is 5.32 Å². The smallest absolute Gasteiger partial charge is 0.337 e. The number of methoxy groups -OCH3 is 2. The summed E-state index contributed by atoms with van der Waals surface area (Å²) in [6.07, 6.45) is 1.63. The molecule has 1 amide bonds. The van der Waals surface area contributed by atoms with Gasteiger partial charge in [-0.1, -0.05) is 6.92 Å². The number of ether oxygens (including phenoxy) is 2. The van der Waals surface area contributed by atoms with Crippen molar-refractivity contribution in [2.75, 3.05) is 32.6 Å². The van der Waals surface area contributed by atoms with Crippen molar-refractivity contribution >= 4 is 33.6 Å². The van der Waals surface area contributed by atoms with E-state index in [1.165, 1.54) is 61.0 Å². The minimum Gasteiger partial charge on any atom is -0.465 e. The Bertz CT molecular complexity index is 1120. The number of anilines is 1. The highest BCUT2D eigenvalue weighted by atomic mass is 32.2. The fourth-order valence-corrected chi connectivity index (χ4v) is 5.00. The molecule has 2 aromatic carbocycles. The van der Waals surface area contributed by atoms with Crippen molar-refractivity contribution < 1.29 is 32.3 Å². The molecule has 176 valence electrons. The zero-order valence-corrected chi connectivity index (χ0v) is 19.5. The normalized spacial score (nSPS) is 15.0. The van der Waals surface area contributed by atoms with Crippen molar-refractivity contribution in [3.63, 3.8) is 0 Å². The summed E-state index contributed by atoms with van der Waals surface area (Å²) in [5.41, 5.74) is 0.521. The van der Waals surface area contributed by atoms with Crippen molar-refractivity contribution in [2.24, 2.45) is 5.92 Å². The molecule has 9 nitrogen and oxygen atoms in total. The Hall–Kier alpha value is -3.24. The van der Waals surface area contributed by atoms with Crippen LogP contribution >= 0.6 is 0 Å². The SMILES string of the molecule is COC(=O)c1cc(NC(=O)c2ccc(S(=O)(=O)N3CCC(C)CC3)cc2)cc(C(=O)OC)c1. The topological polar surface area (TPSA) is 119 Å². The monoisotopic (exact) mass is 474 g/mol. The Morgan fingerprint density at radius 2 is 1.39 bits per heavy atom. The maximum atomic E-state index is 12.9. The van der Waals surface area contributed by atoms with Crippen LogP contribution in [0.4, 0.5) is 5.69 Å². The van der Waals surface area contributed by atoms with Crippen LogP contribution in [0.3, 0.4) is 0 Å². The lowest BCUT2D eigenvalue weighted by Crippen LogP contribution is -2.37. The predicted molar refractivity (Wildman–Crippen MR) is 121 cm³/mol. The zero-order chi connectivity index (χ0) is 24.2. The Morgan fingerprint density at radius 1 is 0.879 bits per heavy atom. The van der Waals surface area contributed by atoms with Gasteiger partial charge in [0.1, 0.15) is 0 Å². The molecule has 0 radical (unpaired) electrons. The van der Waals surface area contributed by atoms with E-state index >= 15 is 0 Å². The van der Waals surface area contributed by atoms with Gasteiger partial charge in [-0.2, -0.15) is 4.31 Å². The van der Waals surface area contributed by atoms with Crippen LogP contribution in [0.25, 0.3) is 0 Å². The molecule has 0 atom stereocenters. The number of hydrogen-bond donors (Lipinski definition) is 1. The van der Waals surface area contributed by atoms with Gasteiger partial charge in [-0.3, -0.25) is 4.79 Å². The standard InChI is InChI=1S/C23H26N2O7S/c1-15-8-10-25(11-9-15)33(29,30)20-6-4-16(5-7-20)21(26)24-19-13-17(22(27)31-2)12-18(14-19)23(28)32-3/h4-7,12-15H,8-11H2,1-3H3,(H,24,26). The van der Waals surface area contributed by atoms with Gasteiger partial charge in [-0.15, -0.1) is 0 Å². The maximum Gasteiger partial charge on any atom is 0.337 e. The van der Waals surface area contributed by atoms with E-state index < -0.39 is 27.9 Å². The highest BCUT2D eigenvalue weighted by Gasteiger charge is 2.28. The van der Waals surface area contributed by atoms with E-state index in [4.69, 9.17) is 0 Å². The van der Waals surface area contributed by atoms with Gasteiger partial charge in [-0.25, -0.2) is 18.0 Å². The number of nitrogens with zero attached hydrogens (tertiary/aromatic N) is 1. The lowest BCUT2D eigenvalue weighted by atomic mass is 10.0. The molecule has 0 spiro atoms. The number of benzene rings is 2. The molecule has 0 aliphatic carbocycles. The molecule has 1 heterocycles. The van der Waals surface area contributed by atoms with Crippen LogP contribution in [0.2, 0.25) is 0 Å². The number of nitrogens with one attached hydrogen (secondary N) is 1. The van der Waals surface area contributed by atoms with Gasteiger partial charge in [0.05, 0.1) is 30.2 Å². The Balaban J connectivity index is 1.79. The first-order chi connectivity index (χ1) is 15.6. The summed E-state index contributed by atoms with van der Waals surface area (Å²) in [6, 6.07) is 9.66. The Labute approximate surface area is 192 Å². The van der Waals surface area contributed by atoms with Crippen molar-refractivity contribution in [2.45, 2.75) is 24.7 Å². The molecule has 3 rings (SSSR count). The molecule has 1 aliphatic heterocycles. The Morgan fingerprint density at radius 3 is 1.88 bits per heavy atom. The fraction of sp³-hybridized carbons (Fsp3) is 0.348. The number of carbonyl (C=O) groups excluding carboxylic acids is 3. The lowest BCUT2D eigenvalue weighted by Gasteiger charge is -2.29. The average molecular weight is 475 g/mol. The van der Waals surface area contributed by atoms with Crippen LogP contribution in [0.15, 0.2) is 47.4 Å². The number of piperidine rings is 1. The molecule has 10 heteroatoms. The average Bonchev–Trinajstić information content (AvgIpc) is 2.83. The molecule has 0 bridgehead atoms. The van der Waals surface area contributed by atoms with Crippen LogP contribution in [-0.4, -0.2) is 57.9 Å². The summed E-state index contributed by atoms with van der Waals surface area (Å²) in [4.78, 5) is 36.7. The van der Waals surface area contributed by atoms with E-state index in [-0.39, 0.29) is 27.3 Å². The minimum absolute atomic E-state index is 0.0630. The third-order valence-corrected chi connectivity index (χ3v) is 7.44. The fourth-order valence-electron chi connectivity index (χ4n) is 3.53. The molecule has 1 aliphatic rings. The molecule has 33 heavy (non-hydrogen) atoms. The van der Waals surface area contributed by atoms with Crippen LogP contribution in [-0.2, 0) is 19.5 Å². The third kappa shape index (κ3) is 5.58. The van der Waals surface area contributed by atoms with Gasteiger partial charge in [0.25, 0.3) is 5.91 Å². The van der Waals surface area contributed by atoms with Crippen LogP contribution in [0, 0.1) is 5.92 Å². The maximum absolute atomic E-state index is 12.9. The van der Waals surface area contributed by atoms with Gasteiger partial charge in [-0.05, 0) is 61.2 Å². The van der Waals surface area contributed by atoms with Gasteiger partial charge in [0.15, 0.2) is 0 Å². The van der Waals surface area contributed by atoms with Crippen LogP contribution in [0.1, 0.15) is 50.8 Å². The molecule has 1 fully saturated rings. The summed E-state index contributed by atoms with van der Waals surface area (Å²) in [6.45, 7) is 3.06. The molecular formula is C23H26N2O7S. The van der Waals surface area contributed by atoms with Crippen molar-refractivity contribution in [1.29, 1.82) is 0 Å². The molecule has 0 aromatic heterocycles. The summed E-state index contributed by atoms with van der Waals surface area (Å²) >= 11 is 0. The quantitative estimate of drug-likeness (QED) is 0.639. The summed E-state index contributed by atoms with van der Waals surface area (Å²) in [5, 5.41) is 2.61. The number of sulfonamides is 1. The zero-order valence-electron chi connectivity index (χ0n) is 18.7. The summed E-state index contributed by atoms with van der Waals surface area (Å²) in [5.74, 6) is -1.40. The molecule has 0 unspecified atom stereocenters.